The Hall–Kier alpha value is -2.40. The normalized spacial score (nSPS) is 12.3. The Bertz CT molecular complexity index is 697. The molecule has 0 spiro atoms. The Morgan fingerprint density at radius 1 is 1.13 bits per heavy atom. The standard InChI is InChI=1S/C18H22N2O3/c1-12(2)11-19-16(18(22)23)10-17(21)20-15-8-7-13-5-3-4-6-14(13)9-15/h3-9,12,16,19H,10-11H2,1-2H3,(H,20,21)(H,22,23)/t16-/m0/s1. The number of aliphatic carboxylic acids is 1. The molecule has 0 fully saturated rings. The Balaban J connectivity index is 1.99. The minimum Gasteiger partial charge on any atom is -0.544 e. The topological polar surface area (TPSA) is 85.8 Å². The van der Waals surface area contributed by atoms with Gasteiger partial charge in [0.15, 0.2) is 0 Å². The number of hydrogen-bond donors (Lipinski definition) is 2. The van der Waals surface area contributed by atoms with Gasteiger partial charge in [-0.3, -0.25) is 4.79 Å². The first-order valence-corrected chi connectivity index (χ1v) is 7.78. The summed E-state index contributed by atoms with van der Waals surface area (Å²) in [7, 11) is 0. The van der Waals surface area contributed by atoms with Gasteiger partial charge in [0, 0.05) is 11.6 Å². The van der Waals surface area contributed by atoms with Crippen molar-refractivity contribution in [3.05, 3.63) is 42.5 Å². The van der Waals surface area contributed by atoms with Gasteiger partial charge in [-0.05, 0) is 22.9 Å². The van der Waals surface area contributed by atoms with Crippen LogP contribution in [0.5, 0.6) is 0 Å². The quantitative estimate of drug-likeness (QED) is 0.780. The van der Waals surface area contributed by atoms with Crippen molar-refractivity contribution in [2.75, 3.05) is 11.9 Å². The van der Waals surface area contributed by atoms with Gasteiger partial charge in [-0.2, -0.15) is 0 Å². The van der Waals surface area contributed by atoms with E-state index in [1.807, 2.05) is 56.3 Å². The van der Waals surface area contributed by atoms with Crippen molar-refractivity contribution in [1.29, 1.82) is 0 Å². The molecule has 122 valence electrons. The lowest BCUT2D eigenvalue weighted by atomic mass is 10.1. The highest BCUT2D eigenvalue weighted by atomic mass is 16.4. The fourth-order valence-electron chi connectivity index (χ4n) is 2.38. The molecule has 1 amide bonds. The average Bonchev–Trinajstić information content (AvgIpc) is 2.50. The summed E-state index contributed by atoms with van der Waals surface area (Å²) in [6, 6.07) is 12.6. The van der Waals surface area contributed by atoms with Gasteiger partial charge in [0.25, 0.3) is 0 Å². The number of benzene rings is 2. The Morgan fingerprint density at radius 3 is 2.48 bits per heavy atom. The van der Waals surface area contributed by atoms with Gasteiger partial charge < -0.3 is 20.5 Å². The summed E-state index contributed by atoms with van der Waals surface area (Å²) >= 11 is 0. The molecule has 2 aromatic carbocycles. The molecule has 0 bridgehead atoms. The predicted molar refractivity (Wildman–Crippen MR) is 87.6 cm³/mol. The minimum absolute atomic E-state index is 0.109. The number of carbonyl (C=O) groups is 2. The molecule has 0 saturated heterocycles. The smallest absolute Gasteiger partial charge is 0.230 e. The molecular weight excluding hydrogens is 292 g/mol. The van der Waals surface area contributed by atoms with Crippen molar-refractivity contribution in [1.82, 2.24) is 0 Å². The van der Waals surface area contributed by atoms with Gasteiger partial charge in [-0.1, -0.05) is 44.2 Å². The van der Waals surface area contributed by atoms with Crippen molar-refractivity contribution >= 4 is 28.3 Å². The van der Waals surface area contributed by atoms with Crippen LogP contribution in [-0.4, -0.2) is 24.5 Å². The number of anilines is 1. The highest BCUT2D eigenvalue weighted by molar-refractivity contribution is 5.96. The monoisotopic (exact) mass is 314 g/mol. The third kappa shape index (κ3) is 5.07. The first-order chi connectivity index (χ1) is 11.0. The second kappa shape index (κ2) is 7.74. The zero-order chi connectivity index (χ0) is 16.8. The molecule has 2 aromatic rings. The lowest BCUT2D eigenvalue weighted by molar-refractivity contribution is -0.686. The van der Waals surface area contributed by atoms with E-state index in [0.29, 0.717) is 18.2 Å². The molecule has 5 heteroatoms. The molecule has 0 aliphatic rings. The van der Waals surface area contributed by atoms with Crippen molar-refractivity contribution in [3.8, 4) is 0 Å². The number of hydrogen-bond acceptors (Lipinski definition) is 3. The fraction of sp³-hybridized carbons (Fsp3) is 0.333. The van der Waals surface area contributed by atoms with E-state index in [2.05, 4.69) is 5.32 Å². The average molecular weight is 314 g/mol. The number of amides is 1. The summed E-state index contributed by atoms with van der Waals surface area (Å²) in [5, 5.41) is 17.7. The second-order valence-electron chi connectivity index (χ2n) is 6.11. The summed E-state index contributed by atoms with van der Waals surface area (Å²) in [4.78, 5) is 23.2. The van der Waals surface area contributed by atoms with Gasteiger partial charge in [0.2, 0.25) is 5.91 Å². The molecule has 0 aliphatic heterocycles. The SMILES string of the molecule is CC(C)C[NH2+][C@@H](CC(=O)Nc1ccc2ccccc2c1)C(=O)[O-]. The second-order valence-corrected chi connectivity index (χ2v) is 6.11. The van der Waals surface area contributed by atoms with E-state index < -0.39 is 12.0 Å². The van der Waals surface area contributed by atoms with Crippen LogP contribution >= 0.6 is 0 Å². The van der Waals surface area contributed by atoms with Crippen LogP contribution in [0.4, 0.5) is 5.69 Å². The van der Waals surface area contributed by atoms with Crippen LogP contribution in [0, 0.1) is 5.92 Å². The molecule has 1 atom stereocenters. The van der Waals surface area contributed by atoms with E-state index in [4.69, 9.17) is 0 Å². The first-order valence-electron chi connectivity index (χ1n) is 7.78. The third-order valence-corrected chi connectivity index (χ3v) is 3.63. The van der Waals surface area contributed by atoms with Crippen LogP contribution in [0.2, 0.25) is 0 Å². The van der Waals surface area contributed by atoms with Gasteiger partial charge in [-0.15, -0.1) is 0 Å². The number of rotatable bonds is 7. The van der Waals surface area contributed by atoms with E-state index in [1.54, 1.807) is 5.32 Å². The van der Waals surface area contributed by atoms with E-state index in [-0.39, 0.29) is 12.3 Å². The zero-order valence-corrected chi connectivity index (χ0v) is 13.4. The van der Waals surface area contributed by atoms with Crippen LogP contribution in [0.3, 0.4) is 0 Å². The van der Waals surface area contributed by atoms with Crippen LogP contribution in [0.25, 0.3) is 10.8 Å². The van der Waals surface area contributed by atoms with E-state index >= 15 is 0 Å². The van der Waals surface area contributed by atoms with Gasteiger partial charge in [0.1, 0.15) is 6.04 Å². The molecular formula is C18H22N2O3. The van der Waals surface area contributed by atoms with Crippen LogP contribution in [0.1, 0.15) is 20.3 Å². The third-order valence-electron chi connectivity index (χ3n) is 3.63. The molecule has 0 aliphatic carbocycles. The number of nitrogens with one attached hydrogen (secondary N) is 1. The molecule has 2 rings (SSSR count). The van der Waals surface area contributed by atoms with Gasteiger partial charge in [0.05, 0.1) is 18.9 Å². The number of fused-ring (bicyclic) bond motifs is 1. The maximum Gasteiger partial charge on any atom is 0.230 e. The van der Waals surface area contributed by atoms with E-state index in [9.17, 15) is 14.7 Å². The van der Waals surface area contributed by atoms with Crippen molar-refractivity contribution in [2.24, 2.45) is 5.92 Å². The lowest BCUT2D eigenvalue weighted by Crippen LogP contribution is -2.94. The van der Waals surface area contributed by atoms with Crippen molar-refractivity contribution in [3.63, 3.8) is 0 Å². The number of quaternary nitrogens is 1. The largest absolute Gasteiger partial charge is 0.544 e. The number of carbonyl (C=O) groups excluding carboxylic acids is 2. The summed E-state index contributed by atoms with van der Waals surface area (Å²) < 4.78 is 0. The van der Waals surface area contributed by atoms with Gasteiger partial charge in [-0.25, -0.2) is 0 Å². The highest BCUT2D eigenvalue weighted by Gasteiger charge is 2.18. The highest BCUT2D eigenvalue weighted by Crippen LogP contribution is 2.18. The number of carboxylic acids is 1. The number of carboxylic acid groups (broad SMARTS) is 1. The van der Waals surface area contributed by atoms with Crippen molar-refractivity contribution < 1.29 is 20.0 Å². The summed E-state index contributed by atoms with van der Waals surface area (Å²) in [5.74, 6) is -1.19. The molecule has 5 nitrogen and oxygen atoms in total. The summed E-state index contributed by atoms with van der Waals surface area (Å²) in [6.45, 7) is 4.64. The van der Waals surface area contributed by atoms with Crippen LogP contribution in [-0.2, 0) is 9.59 Å². The van der Waals surface area contributed by atoms with Crippen molar-refractivity contribution in [2.45, 2.75) is 26.3 Å². The maximum absolute atomic E-state index is 12.1. The zero-order valence-electron chi connectivity index (χ0n) is 13.4. The van der Waals surface area contributed by atoms with Crippen LogP contribution in [0.15, 0.2) is 42.5 Å². The molecule has 0 aromatic heterocycles. The molecule has 23 heavy (non-hydrogen) atoms. The van der Waals surface area contributed by atoms with Gasteiger partial charge >= 0.3 is 0 Å². The lowest BCUT2D eigenvalue weighted by Gasteiger charge is -2.17. The summed E-state index contributed by atoms with van der Waals surface area (Å²) in [5.41, 5.74) is 0.662. The predicted octanol–water partition coefficient (Wildman–Crippen LogP) is 0.506. The Morgan fingerprint density at radius 2 is 1.83 bits per heavy atom. The summed E-state index contributed by atoms with van der Waals surface area (Å²) in [6.07, 6.45) is -0.109. The first kappa shape index (κ1) is 17.0. The Labute approximate surface area is 135 Å². The molecule has 3 N–H and O–H groups in total. The molecule has 0 unspecified atom stereocenters. The minimum atomic E-state index is -1.21. The maximum atomic E-state index is 12.1. The fourth-order valence-corrected chi connectivity index (χ4v) is 2.38. The van der Waals surface area contributed by atoms with E-state index in [0.717, 1.165) is 10.8 Å². The van der Waals surface area contributed by atoms with E-state index in [1.165, 1.54) is 0 Å². The van der Waals surface area contributed by atoms with Crippen LogP contribution < -0.4 is 15.7 Å². The Kier molecular flexibility index (Phi) is 5.71. The molecule has 0 saturated carbocycles. The molecule has 0 radical (unpaired) electrons. The molecule has 0 heterocycles. The number of nitrogens with two attached hydrogens (primary N) is 1.